The summed E-state index contributed by atoms with van der Waals surface area (Å²) in [5.41, 5.74) is 11.8. The van der Waals surface area contributed by atoms with Crippen LogP contribution < -0.4 is 43.4 Å². The SMILES string of the molecule is CC[C@H](C)[C@H](N)C(=O)N[C@@H](C)C(=O)NCC(=O)N[C@@H](CCC(N)=O)C(=O)N[C@H](C(=O)N[C@@H](Cc1ccc(O)cc1)C(=O)N1CCC[C@H]1C(=O)N[C@H](C(=O)O)[C@@H](C)CC)[C@@H](C)CC. The minimum absolute atomic E-state index is 0.0353. The molecule has 20 heteroatoms. The first kappa shape index (κ1) is 52.3. The number of nitrogens with two attached hydrogens (primary N) is 2. The van der Waals surface area contributed by atoms with Crippen molar-refractivity contribution in [2.24, 2.45) is 29.2 Å². The van der Waals surface area contributed by atoms with Crippen LogP contribution in [0.3, 0.4) is 0 Å². The number of aromatic hydroxyl groups is 1. The lowest BCUT2D eigenvalue weighted by atomic mass is 9.96. The average molecular weight is 874 g/mol. The molecule has 20 nitrogen and oxygen atoms in total. The van der Waals surface area contributed by atoms with Crippen LogP contribution in [0.5, 0.6) is 5.75 Å². The summed E-state index contributed by atoms with van der Waals surface area (Å²) in [6.07, 6.45) is 1.48. The number of hydrogen-bond donors (Lipinski definition) is 10. The molecule has 1 heterocycles. The molecule has 0 spiro atoms. The maximum atomic E-state index is 14.3. The quantitative estimate of drug-likeness (QED) is 0.0584. The number of nitrogens with one attached hydrogen (secondary N) is 6. The molecule has 1 aliphatic heterocycles. The van der Waals surface area contributed by atoms with E-state index in [9.17, 15) is 53.4 Å². The zero-order valence-corrected chi connectivity index (χ0v) is 36.8. The van der Waals surface area contributed by atoms with Crippen molar-refractivity contribution in [3.63, 3.8) is 0 Å². The summed E-state index contributed by atoms with van der Waals surface area (Å²) in [7, 11) is 0. The van der Waals surface area contributed by atoms with Crippen LogP contribution in [-0.2, 0) is 49.6 Å². The molecular formula is C42H67N9O11. The molecule has 10 atom stereocenters. The van der Waals surface area contributed by atoms with Gasteiger partial charge in [0.2, 0.25) is 47.3 Å². The van der Waals surface area contributed by atoms with E-state index in [-0.39, 0.29) is 43.9 Å². The topological polar surface area (TPSA) is 322 Å². The van der Waals surface area contributed by atoms with E-state index < -0.39 is 114 Å². The van der Waals surface area contributed by atoms with E-state index in [1.807, 2.05) is 6.92 Å². The Hall–Kier alpha value is -5.79. The lowest BCUT2D eigenvalue weighted by molar-refractivity contribution is -0.146. The molecule has 12 N–H and O–H groups in total. The summed E-state index contributed by atoms with van der Waals surface area (Å²) in [6.45, 7) is 11.5. The Kier molecular flexibility index (Phi) is 21.3. The molecule has 1 aliphatic rings. The van der Waals surface area contributed by atoms with Crippen LogP contribution in [0.25, 0.3) is 0 Å². The summed E-state index contributed by atoms with van der Waals surface area (Å²) in [4.78, 5) is 119. The number of rotatable bonds is 25. The van der Waals surface area contributed by atoms with Gasteiger partial charge in [0.1, 0.15) is 42.0 Å². The number of carboxylic acids is 1. The standard InChI is InChI=1S/C42H67N9O11/c1-8-22(4)33(44)39(58)46-25(7)36(55)45-21-32(54)47-28(17-18-31(43)53)37(56)49-34(23(5)9-2)40(59)48-29(20-26-13-15-27(52)16-14-26)41(60)51-19-11-12-30(51)38(57)50-35(42(61)62)24(6)10-3/h13-16,22-25,28-30,33-35,52H,8-12,17-21,44H2,1-7H3,(H2,43,53)(H,45,55)(H,46,58)(H,47,54)(H,48,59)(H,49,56)(H,50,57)(H,61,62)/t22-,23-,24-,25-,28-,29-,30-,33-,34-,35-/m0/s1. The Labute approximate surface area is 362 Å². The molecule has 1 aromatic carbocycles. The molecule has 62 heavy (non-hydrogen) atoms. The normalized spacial score (nSPS) is 17.9. The van der Waals surface area contributed by atoms with Crippen LogP contribution in [-0.4, -0.2) is 124 Å². The highest BCUT2D eigenvalue weighted by Crippen LogP contribution is 2.22. The number of nitrogens with zero attached hydrogens (tertiary/aromatic N) is 1. The lowest BCUT2D eigenvalue weighted by Crippen LogP contribution is -2.60. The van der Waals surface area contributed by atoms with Gasteiger partial charge in [-0.25, -0.2) is 4.79 Å². The van der Waals surface area contributed by atoms with Gasteiger partial charge >= 0.3 is 5.97 Å². The van der Waals surface area contributed by atoms with Crippen molar-refractivity contribution in [1.29, 1.82) is 0 Å². The molecule has 0 aromatic heterocycles. The summed E-state index contributed by atoms with van der Waals surface area (Å²) in [6, 6.07) is -2.16. The van der Waals surface area contributed by atoms with E-state index in [1.165, 1.54) is 24.0 Å². The van der Waals surface area contributed by atoms with Crippen molar-refractivity contribution in [3.05, 3.63) is 29.8 Å². The first-order chi connectivity index (χ1) is 29.1. The monoisotopic (exact) mass is 873 g/mol. The number of primary amides is 1. The molecule has 1 saturated heterocycles. The largest absolute Gasteiger partial charge is 0.508 e. The first-order valence-electron chi connectivity index (χ1n) is 21.3. The fourth-order valence-corrected chi connectivity index (χ4v) is 6.73. The van der Waals surface area contributed by atoms with Crippen LogP contribution in [0.15, 0.2) is 24.3 Å². The molecule has 0 aliphatic carbocycles. The number of carboxylic acid groups (broad SMARTS) is 1. The second-order valence-electron chi connectivity index (χ2n) is 16.2. The molecule has 0 saturated carbocycles. The third-order valence-corrected chi connectivity index (χ3v) is 11.5. The summed E-state index contributed by atoms with van der Waals surface area (Å²) < 4.78 is 0. The van der Waals surface area contributed by atoms with Gasteiger partial charge in [-0.15, -0.1) is 0 Å². The summed E-state index contributed by atoms with van der Waals surface area (Å²) in [5.74, 6) is -8.08. The Morgan fingerprint density at radius 1 is 0.742 bits per heavy atom. The molecule has 1 fully saturated rings. The molecule has 0 bridgehead atoms. The number of aliphatic carboxylic acids is 1. The number of carbonyl (C=O) groups is 9. The van der Waals surface area contributed by atoms with Gasteiger partial charge in [0, 0.05) is 19.4 Å². The minimum Gasteiger partial charge on any atom is -0.508 e. The number of likely N-dealkylation sites (tertiary alicyclic amines) is 1. The predicted molar refractivity (Wildman–Crippen MR) is 227 cm³/mol. The van der Waals surface area contributed by atoms with Crippen molar-refractivity contribution in [2.45, 2.75) is 142 Å². The van der Waals surface area contributed by atoms with Gasteiger partial charge in [-0.2, -0.15) is 0 Å². The van der Waals surface area contributed by atoms with Crippen LogP contribution in [0.2, 0.25) is 0 Å². The van der Waals surface area contributed by atoms with E-state index in [2.05, 4.69) is 31.9 Å². The van der Waals surface area contributed by atoms with Crippen molar-refractivity contribution in [2.75, 3.05) is 13.1 Å². The Balaban J connectivity index is 2.31. The average Bonchev–Trinajstić information content (AvgIpc) is 3.74. The molecule has 346 valence electrons. The van der Waals surface area contributed by atoms with E-state index in [4.69, 9.17) is 11.5 Å². The van der Waals surface area contributed by atoms with E-state index >= 15 is 0 Å². The highest BCUT2D eigenvalue weighted by molar-refractivity contribution is 5.97. The van der Waals surface area contributed by atoms with E-state index in [1.54, 1.807) is 46.8 Å². The molecule has 0 unspecified atom stereocenters. The van der Waals surface area contributed by atoms with Crippen LogP contribution in [0.4, 0.5) is 0 Å². The van der Waals surface area contributed by atoms with Gasteiger partial charge in [-0.05, 0) is 61.6 Å². The number of phenols is 1. The van der Waals surface area contributed by atoms with Gasteiger partial charge in [0.05, 0.1) is 12.6 Å². The first-order valence-corrected chi connectivity index (χ1v) is 21.3. The Morgan fingerprint density at radius 3 is 1.90 bits per heavy atom. The maximum Gasteiger partial charge on any atom is 0.326 e. The van der Waals surface area contributed by atoms with E-state index in [0.717, 1.165) is 0 Å². The second kappa shape index (κ2) is 25.2. The number of benzene rings is 1. The van der Waals surface area contributed by atoms with Gasteiger partial charge in [0.25, 0.3) is 0 Å². The fraction of sp³-hybridized carbons (Fsp3) is 0.643. The lowest BCUT2D eigenvalue weighted by Gasteiger charge is -2.32. The van der Waals surface area contributed by atoms with Gasteiger partial charge < -0.3 is 58.5 Å². The van der Waals surface area contributed by atoms with Crippen LogP contribution in [0, 0.1) is 17.8 Å². The molecular weight excluding hydrogens is 807 g/mol. The van der Waals surface area contributed by atoms with Crippen molar-refractivity contribution < 1.29 is 53.4 Å². The fourth-order valence-electron chi connectivity index (χ4n) is 6.73. The van der Waals surface area contributed by atoms with Crippen molar-refractivity contribution in [1.82, 2.24) is 36.8 Å². The summed E-state index contributed by atoms with van der Waals surface area (Å²) in [5, 5.41) is 35.0. The van der Waals surface area contributed by atoms with E-state index in [0.29, 0.717) is 31.2 Å². The van der Waals surface area contributed by atoms with Crippen LogP contribution >= 0.6 is 0 Å². The zero-order chi connectivity index (χ0) is 46.8. The third-order valence-electron chi connectivity index (χ3n) is 11.5. The highest BCUT2D eigenvalue weighted by atomic mass is 16.4. The van der Waals surface area contributed by atoms with Crippen molar-refractivity contribution >= 4 is 53.2 Å². The van der Waals surface area contributed by atoms with Crippen molar-refractivity contribution in [3.8, 4) is 5.75 Å². The molecule has 2 rings (SSSR count). The number of carbonyl (C=O) groups excluding carboxylic acids is 8. The van der Waals surface area contributed by atoms with Gasteiger partial charge in [-0.1, -0.05) is 72.9 Å². The molecule has 8 amide bonds. The predicted octanol–water partition coefficient (Wildman–Crippen LogP) is -0.698. The minimum atomic E-state index is -1.40. The number of phenolic OH excluding ortho intramolecular Hbond substituents is 1. The highest BCUT2D eigenvalue weighted by Gasteiger charge is 2.41. The molecule has 0 radical (unpaired) electrons. The molecule has 1 aromatic rings. The second-order valence-corrected chi connectivity index (χ2v) is 16.2. The number of amides is 8. The Bertz CT molecular complexity index is 1740. The smallest absolute Gasteiger partial charge is 0.326 e. The number of hydrogen-bond acceptors (Lipinski definition) is 11. The summed E-state index contributed by atoms with van der Waals surface area (Å²) >= 11 is 0. The van der Waals surface area contributed by atoms with Gasteiger partial charge in [-0.3, -0.25) is 38.4 Å². The van der Waals surface area contributed by atoms with Gasteiger partial charge in [0.15, 0.2) is 0 Å². The zero-order valence-electron chi connectivity index (χ0n) is 36.8. The third kappa shape index (κ3) is 15.9. The Morgan fingerprint density at radius 2 is 1.34 bits per heavy atom. The maximum absolute atomic E-state index is 14.3. The van der Waals surface area contributed by atoms with Crippen LogP contribution in [0.1, 0.15) is 99.0 Å².